The Morgan fingerprint density at radius 2 is 1.11 bits per heavy atom. The van der Waals surface area contributed by atoms with Crippen LogP contribution in [-0.4, -0.2) is 15.0 Å². The third kappa shape index (κ3) is 2.95. The molecule has 0 aliphatic heterocycles. The summed E-state index contributed by atoms with van der Waals surface area (Å²) in [5.41, 5.74) is 2.66. The van der Waals surface area contributed by atoms with E-state index in [4.69, 9.17) is 0 Å². The monoisotopic (exact) mass is 310 g/mol. The van der Waals surface area contributed by atoms with Gasteiger partial charge in [0.15, 0.2) is 0 Å². The van der Waals surface area contributed by atoms with Crippen molar-refractivity contribution in [3.8, 4) is 11.1 Å². The van der Waals surface area contributed by atoms with Gasteiger partial charge in [0.1, 0.15) is 0 Å². The number of hydrogen-bond acceptors (Lipinski definition) is 0. The van der Waals surface area contributed by atoms with Gasteiger partial charge in [0, 0.05) is 0 Å². The van der Waals surface area contributed by atoms with Crippen molar-refractivity contribution in [1.82, 2.24) is 0 Å². The van der Waals surface area contributed by atoms with Gasteiger partial charge < -0.3 is 0 Å². The van der Waals surface area contributed by atoms with E-state index in [0.29, 0.717) is 15.0 Å². The Morgan fingerprint density at radius 1 is 0.526 bits per heavy atom. The first-order valence-corrected chi connectivity index (χ1v) is 8.02. The van der Waals surface area contributed by atoms with Gasteiger partial charge in [-0.2, -0.15) is 0 Å². The van der Waals surface area contributed by atoms with Crippen LogP contribution in [0.2, 0.25) is 0 Å². The van der Waals surface area contributed by atoms with Gasteiger partial charge in [0.05, 0.1) is 0 Å². The van der Waals surface area contributed by atoms with E-state index >= 15 is 0 Å². The Balaban J connectivity index is 1.99. The summed E-state index contributed by atoms with van der Waals surface area (Å²) in [6.45, 7) is 0. The van der Waals surface area contributed by atoms with Crippen LogP contribution in [0.25, 0.3) is 11.1 Å². The minimum absolute atomic E-state index is 0.355. The predicted octanol–water partition coefficient (Wildman–Crippen LogP) is 3.01. The SMILES string of the molecule is c1ccc([Se]c2ccccc2-c2ccccc2)cc1. The quantitative estimate of drug-likeness (QED) is 0.653. The van der Waals surface area contributed by atoms with E-state index in [9.17, 15) is 0 Å². The van der Waals surface area contributed by atoms with Gasteiger partial charge >= 0.3 is 120 Å². The van der Waals surface area contributed by atoms with Crippen LogP contribution >= 0.6 is 0 Å². The summed E-state index contributed by atoms with van der Waals surface area (Å²) >= 11 is 0.355. The minimum atomic E-state index is 0.355. The first kappa shape index (κ1) is 12.2. The van der Waals surface area contributed by atoms with Crippen LogP contribution in [0.15, 0.2) is 84.9 Å². The van der Waals surface area contributed by atoms with E-state index in [1.165, 1.54) is 20.1 Å². The first-order valence-electron chi connectivity index (χ1n) is 6.31. The third-order valence-electron chi connectivity index (χ3n) is 2.94. The van der Waals surface area contributed by atoms with Crippen LogP contribution in [-0.2, 0) is 0 Å². The fraction of sp³-hybridized carbons (Fsp3) is 0. The maximum atomic E-state index is 2.25. The average Bonchev–Trinajstić information content (AvgIpc) is 2.50. The summed E-state index contributed by atoms with van der Waals surface area (Å²) in [4.78, 5) is 0. The summed E-state index contributed by atoms with van der Waals surface area (Å²) < 4.78 is 2.85. The van der Waals surface area contributed by atoms with Crippen molar-refractivity contribution < 1.29 is 0 Å². The van der Waals surface area contributed by atoms with E-state index in [2.05, 4.69) is 84.9 Å². The van der Waals surface area contributed by atoms with E-state index in [0.717, 1.165) is 0 Å². The van der Waals surface area contributed by atoms with E-state index in [1.807, 2.05) is 0 Å². The van der Waals surface area contributed by atoms with Gasteiger partial charge in [-0.25, -0.2) is 0 Å². The van der Waals surface area contributed by atoms with Gasteiger partial charge in [-0.05, 0) is 0 Å². The average molecular weight is 309 g/mol. The summed E-state index contributed by atoms with van der Waals surface area (Å²) in [6.07, 6.45) is 0. The zero-order chi connectivity index (χ0) is 12.9. The van der Waals surface area contributed by atoms with Crippen molar-refractivity contribution in [3.63, 3.8) is 0 Å². The molecule has 0 aliphatic carbocycles. The van der Waals surface area contributed by atoms with Gasteiger partial charge in [0.2, 0.25) is 0 Å². The molecule has 0 spiro atoms. The van der Waals surface area contributed by atoms with Crippen molar-refractivity contribution >= 4 is 23.9 Å². The Bertz CT molecular complexity index is 645. The molecular weight excluding hydrogens is 295 g/mol. The Morgan fingerprint density at radius 3 is 1.84 bits per heavy atom. The molecule has 0 saturated heterocycles. The Kier molecular flexibility index (Phi) is 3.78. The summed E-state index contributed by atoms with van der Waals surface area (Å²) in [6, 6.07) is 30.1. The molecule has 0 atom stereocenters. The number of benzene rings is 3. The molecule has 3 aromatic rings. The molecule has 0 saturated carbocycles. The van der Waals surface area contributed by atoms with Crippen LogP contribution in [0, 0.1) is 0 Å². The van der Waals surface area contributed by atoms with Gasteiger partial charge in [-0.3, -0.25) is 0 Å². The molecule has 0 heterocycles. The second-order valence-corrected chi connectivity index (χ2v) is 6.62. The van der Waals surface area contributed by atoms with Crippen molar-refractivity contribution in [1.29, 1.82) is 0 Å². The zero-order valence-corrected chi connectivity index (χ0v) is 12.2. The van der Waals surface area contributed by atoms with Crippen LogP contribution in [0.1, 0.15) is 0 Å². The van der Waals surface area contributed by atoms with Gasteiger partial charge in [-0.15, -0.1) is 0 Å². The van der Waals surface area contributed by atoms with Crippen molar-refractivity contribution in [2.45, 2.75) is 0 Å². The van der Waals surface area contributed by atoms with Crippen LogP contribution in [0.3, 0.4) is 0 Å². The topological polar surface area (TPSA) is 0 Å². The molecule has 0 nitrogen and oxygen atoms in total. The normalized spacial score (nSPS) is 10.3. The molecule has 0 bridgehead atoms. The number of hydrogen-bond donors (Lipinski definition) is 0. The second-order valence-electron chi connectivity index (χ2n) is 4.28. The molecule has 0 amide bonds. The molecular formula is C18H14Se. The first-order chi connectivity index (χ1) is 9.43. The molecule has 0 aromatic heterocycles. The Labute approximate surface area is 120 Å². The maximum absolute atomic E-state index is 2.25. The third-order valence-corrected chi connectivity index (χ3v) is 5.22. The molecule has 92 valence electrons. The Hall–Kier alpha value is -1.82. The molecule has 0 fully saturated rings. The molecule has 0 N–H and O–H groups in total. The number of rotatable bonds is 3. The molecule has 1 heteroatoms. The molecule has 0 unspecified atom stereocenters. The van der Waals surface area contributed by atoms with Gasteiger partial charge in [0.25, 0.3) is 0 Å². The van der Waals surface area contributed by atoms with Crippen LogP contribution in [0.4, 0.5) is 0 Å². The second kappa shape index (κ2) is 5.88. The molecule has 19 heavy (non-hydrogen) atoms. The fourth-order valence-corrected chi connectivity index (χ4v) is 4.10. The summed E-state index contributed by atoms with van der Waals surface area (Å²) in [7, 11) is 0. The van der Waals surface area contributed by atoms with Gasteiger partial charge in [-0.1, -0.05) is 0 Å². The molecule has 0 aliphatic rings. The van der Waals surface area contributed by atoms with E-state index < -0.39 is 0 Å². The van der Waals surface area contributed by atoms with Crippen LogP contribution < -0.4 is 8.92 Å². The van der Waals surface area contributed by atoms with Crippen molar-refractivity contribution in [2.24, 2.45) is 0 Å². The zero-order valence-electron chi connectivity index (χ0n) is 10.5. The molecule has 0 radical (unpaired) electrons. The molecule has 3 rings (SSSR count). The fourth-order valence-electron chi connectivity index (χ4n) is 2.03. The van der Waals surface area contributed by atoms with Crippen molar-refractivity contribution in [3.05, 3.63) is 84.9 Å². The van der Waals surface area contributed by atoms with E-state index in [-0.39, 0.29) is 0 Å². The molecule has 3 aromatic carbocycles. The summed E-state index contributed by atoms with van der Waals surface area (Å²) in [5, 5.41) is 0. The van der Waals surface area contributed by atoms with Crippen LogP contribution in [0.5, 0.6) is 0 Å². The summed E-state index contributed by atoms with van der Waals surface area (Å²) in [5.74, 6) is 0. The van der Waals surface area contributed by atoms with Crippen molar-refractivity contribution in [2.75, 3.05) is 0 Å². The standard InChI is InChI=1S/C18H14Se/c1-3-9-15(10-4-1)17-13-7-8-14-18(17)19-16-11-5-2-6-12-16/h1-14H. The van der Waals surface area contributed by atoms with E-state index in [1.54, 1.807) is 0 Å². The predicted molar refractivity (Wildman–Crippen MR) is 83.3 cm³/mol.